The van der Waals surface area contributed by atoms with Crippen LogP contribution in [0, 0.1) is 0 Å². The highest BCUT2D eigenvalue weighted by Gasteiger charge is 2.11. The molecule has 5 heteroatoms. The number of hydrogen-bond donors (Lipinski definition) is 1. The van der Waals surface area contributed by atoms with Crippen molar-refractivity contribution in [1.29, 1.82) is 0 Å². The summed E-state index contributed by atoms with van der Waals surface area (Å²) in [5.74, 6) is 1.74. The molecule has 3 rings (SSSR count). The van der Waals surface area contributed by atoms with Gasteiger partial charge >= 0.3 is 0 Å². The molecule has 3 aromatic rings. The van der Waals surface area contributed by atoms with E-state index >= 15 is 0 Å². The largest absolute Gasteiger partial charge is 0.496 e. The summed E-state index contributed by atoms with van der Waals surface area (Å²) in [6, 6.07) is 11.9. The Morgan fingerprint density at radius 1 is 1.10 bits per heavy atom. The van der Waals surface area contributed by atoms with E-state index in [1.165, 1.54) is 0 Å². The van der Waals surface area contributed by atoms with Gasteiger partial charge in [0.15, 0.2) is 5.65 Å². The third kappa shape index (κ3) is 2.12. The Balaban J connectivity index is 2.03. The van der Waals surface area contributed by atoms with Crippen LogP contribution in [0.15, 0.2) is 42.6 Å². The van der Waals surface area contributed by atoms with Crippen molar-refractivity contribution >= 4 is 5.65 Å². The molecule has 0 radical (unpaired) electrons. The van der Waals surface area contributed by atoms with Crippen LogP contribution in [0.4, 0.5) is 0 Å². The van der Waals surface area contributed by atoms with E-state index in [0.29, 0.717) is 13.0 Å². The summed E-state index contributed by atoms with van der Waals surface area (Å²) in [4.78, 5) is 0. The number of rotatable bonds is 4. The van der Waals surface area contributed by atoms with Crippen molar-refractivity contribution in [2.75, 3.05) is 7.11 Å². The predicted molar refractivity (Wildman–Crippen MR) is 76.7 cm³/mol. The SMILES string of the molecule is COc1ccccc1Cc1nnc2c(CN)cccn12. The van der Waals surface area contributed by atoms with Crippen LogP contribution in [0.1, 0.15) is 17.0 Å². The summed E-state index contributed by atoms with van der Waals surface area (Å²) >= 11 is 0. The lowest BCUT2D eigenvalue weighted by atomic mass is 10.1. The number of nitrogens with two attached hydrogens (primary N) is 1. The zero-order valence-corrected chi connectivity index (χ0v) is 11.3. The highest BCUT2D eigenvalue weighted by Crippen LogP contribution is 2.21. The number of methoxy groups -OCH3 is 1. The molecule has 0 aliphatic heterocycles. The first kappa shape index (κ1) is 12.6. The summed E-state index contributed by atoms with van der Waals surface area (Å²) in [5.41, 5.74) is 8.62. The standard InChI is InChI=1S/C15H16N4O/c1-20-13-7-3-2-5-11(13)9-14-17-18-15-12(10-16)6-4-8-19(14)15/h2-8H,9-10,16H2,1H3. The van der Waals surface area contributed by atoms with Crippen LogP contribution in [-0.2, 0) is 13.0 Å². The Labute approximate surface area is 117 Å². The van der Waals surface area contributed by atoms with Gasteiger partial charge in [-0.25, -0.2) is 0 Å². The minimum atomic E-state index is 0.455. The maximum Gasteiger partial charge on any atom is 0.165 e. The molecule has 0 aliphatic carbocycles. The smallest absolute Gasteiger partial charge is 0.165 e. The lowest BCUT2D eigenvalue weighted by molar-refractivity contribution is 0.410. The van der Waals surface area contributed by atoms with Crippen LogP contribution in [0.3, 0.4) is 0 Å². The Hall–Kier alpha value is -2.40. The maximum atomic E-state index is 5.72. The monoisotopic (exact) mass is 268 g/mol. The Morgan fingerprint density at radius 2 is 1.90 bits per heavy atom. The number of pyridine rings is 1. The van der Waals surface area contributed by atoms with Gasteiger partial charge in [0.25, 0.3) is 0 Å². The first-order valence-corrected chi connectivity index (χ1v) is 6.47. The molecular formula is C15H16N4O. The lowest BCUT2D eigenvalue weighted by Gasteiger charge is -2.07. The Bertz CT molecular complexity index is 736. The van der Waals surface area contributed by atoms with Crippen molar-refractivity contribution < 1.29 is 4.74 Å². The van der Waals surface area contributed by atoms with Gasteiger partial charge in [0.05, 0.1) is 7.11 Å². The molecule has 102 valence electrons. The molecule has 5 nitrogen and oxygen atoms in total. The maximum absolute atomic E-state index is 5.72. The highest BCUT2D eigenvalue weighted by molar-refractivity contribution is 5.48. The van der Waals surface area contributed by atoms with Gasteiger partial charge in [0.2, 0.25) is 0 Å². The summed E-state index contributed by atoms with van der Waals surface area (Å²) in [6.07, 6.45) is 2.62. The summed E-state index contributed by atoms with van der Waals surface area (Å²) in [5, 5.41) is 8.51. The van der Waals surface area contributed by atoms with Crippen LogP contribution in [0.2, 0.25) is 0 Å². The quantitative estimate of drug-likeness (QED) is 0.783. The first-order valence-electron chi connectivity index (χ1n) is 6.47. The average molecular weight is 268 g/mol. The third-order valence-electron chi connectivity index (χ3n) is 3.35. The Morgan fingerprint density at radius 3 is 2.70 bits per heavy atom. The fourth-order valence-electron chi connectivity index (χ4n) is 2.32. The van der Waals surface area contributed by atoms with Crippen LogP contribution in [-0.4, -0.2) is 21.7 Å². The predicted octanol–water partition coefficient (Wildman–Crippen LogP) is 1.79. The molecule has 2 N–H and O–H groups in total. The number of benzene rings is 1. The van der Waals surface area contributed by atoms with Gasteiger partial charge < -0.3 is 10.5 Å². The van der Waals surface area contributed by atoms with Crippen molar-refractivity contribution in [1.82, 2.24) is 14.6 Å². The molecule has 2 heterocycles. The molecule has 0 atom stereocenters. The van der Waals surface area contributed by atoms with E-state index in [4.69, 9.17) is 10.5 Å². The highest BCUT2D eigenvalue weighted by atomic mass is 16.5. The van der Waals surface area contributed by atoms with Crippen LogP contribution >= 0.6 is 0 Å². The molecule has 0 fully saturated rings. The molecule has 0 saturated carbocycles. The van der Waals surface area contributed by atoms with Crippen molar-refractivity contribution in [3.05, 3.63) is 59.5 Å². The van der Waals surface area contributed by atoms with Crippen molar-refractivity contribution in [3.63, 3.8) is 0 Å². The number of para-hydroxylation sites is 1. The molecular weight excluding hydrogens is 252 g/mol. The van der Waals surface area contributed by atoms with Gasteiger partial charge in [0, 0.05) is 30.3 Å². The van der Waals surface area contributed by atoms with E-state index in [1.807, 2.05) is 47.0 Å². The minimum Gasteiger partial charge on any atom is -0.496 e. The molecule has 2 aromatic heterocycles. The number of hydrogen-bond acceptors (Lipinski definition) is 4. The minimum absolute atomic E-state index is 0.455. The second kappa shape index (κ2) is 5.30. The van der Waals surface area contributed by atoms with Gasteiger partial charge in [-0.2, -0.15) is 0 Å². The molecule has 0 unspecified atom stereocenters. The normalized spacial score (nSPS) is 10.9. The van der Waals surface area contributed by atoms with Gasteiger partial charge in [0.1, 0.15) is 11.6 Å². The zero-order chi connectivity index (χ0) is 13.9. The van der Waals surface area contributed by atoms with Crippen molar-refractivity contribution in [2.45, 2.75) is 13.0 Å². The fraction of sp³-hybridized carbons (Fsp3) is 0.200. The van der Waals surface area contributed by atoms with E-state index in [-0.39, 0.29) is 0 Å². The number of ether oxygens (including phenoxy) is 1. The topological polar surface area (TPSA) is 65.4 Å². The summed E-state index contributed by atoms with van der Waals surface area (Å²) < 4.78 is 7.35. The fourth-order valence-corrected chi connectivity index (χ4v) is 2.32. The Kier molecular flexibility index (Phi) is 3.35. The van der Waals surface area contributed by atoms with E-state index < -0.39 is 0 Å². The third-order valence-corrected chi connectivity index (χ3v) is 3.35. The molecule has 0 aliphatic rings. The summed E-state index contributed by atoms with van der Waals surface area (Å²) in [6.45, 7) is 0.455. The first-order chi connectivity index (χ1) is 9.83. The number of fused-ring (bicyclic) bond motifs is 1. The molecule has 20 heavy (non-hydrogen) atoms. The van der Waals surface area contributed by atoms with Crippen molar-refractivity contribution in [3.8, 4) is 5.75 Å². The lowest BCUT2D eigenvalue weighted by Crippen LogP contribution is -2.02. The molecule has 1 aromatic carbocycles. The van der Waals surface area contributed by atoms with Gasteiger partial charge in [-0.05, 0) is 12.1 Å². The summed E-state index contributed by atoms with van der Waals surface area (Å²) in [7, 11) is 1.67. The van der Waals surface area contributed by atoms with Crippen LogP contribution in [0.5, 0.6) is 5.75 Å². The number of nitrogens with zero attached hydrogens (tertiary/aromatic N) is 3. The second-order valence-electron chi connectivity index (χ2n) is 4.54. The second-order valence-corrected chi connectivity index (χ2v) is 4.54. The van der Waals surface area contributed by atoms with Gasteiger partial charge in [-0.15, -0.1) is 10.2 Å². The molecule has 0 saturated heterocycles. The van der Waals surface area contributed by atoms with Crippen molar-refractivity contribution in [2.24, 2.45) is 5.73 Å². The molecule has 0 bridgehead atoms. The van der Waals surface area contributed by atoms with E-state index in [0.717, 1.165) is 28.3 Å². The molecule has 0 amide bonds. The van der Waals surface area contributed by atoms with E-state index in [9.17, 15) is 0 Å². The van der Waals surface area contributed by atoms with Crippen LogP contribution < -0.4 is 10.5 Å². The number of aromatic nitrogens is 3. The van der Waals surface area contributed by atoms with E-state index in [2.05, 4.69) is 10.2 Å². The average Bonchev–Trinajstić information content (AvgIpc) is 2.91. The van der Waals surface area contributed by atoms with Crippen LogP contribution in [0.25, 0.3) is 5.65 Å². The van der Waals surface area contributed by atoms with E-state index in [1.54, 1.807) is 7.11 Å². The van der Waals surface area contributed by atoms with Gasteiger partial charge in [-0.1, -0.05) is 24.3 Å². The molecule has 0 spiro atoms. The zero-order valence-electron chi connectivity index (χ0n) is 11.3. The van der Waals surface area contributed by atoms with Gasteiger partial charge in [-0.3, -0.25) is 4.40 Å².